The lowest BCUT2D eigenvalue weighted by atomic mass is 10.3. The van der Waals surface area contributed by atoms with E-state index in [4.69, 9.17) is 4.74 Å². The van der Waals surface area contributed by atoms with Crippen molar-refractivity contribution in [3.8, 4) is 5.75 Å². The minimum absolute atomic E-state index is 0.0969. The first kappa shape index (κ1) is 21.2. The minimum atomic E-state index is -4.49. The number of urea groups is 1. The van der Waals surface area contributed by atoms with Gasteiger partial charge in [0, 0.05) is 5.69 Å². The molecule has 0 fully saturated rings. The highest BCUT2D eigenvalue weighted by atomic mass is 32.1. The van der Waals surface area contributed by atoms with E-state index >= 15 is 0 Å². The van der Waals surface area contributed by atoms with Gasteiger partial charge in [0.2, 0.25) is 0 Å². The summed E-state index contributed by atoms with van der Waals surface area (Å²) in [4.78, 5) is 24.7. The maximum Gasteiger partial charge on any atom is 0.422 e. The van der Waals surface area contributed by atoms with Crippen LogP contribution in [0.15, 0.2) is 66.7 Å². The van der Waals surface area contributed by atoms with Gasteiger partial charge in [0.15, 0.2) is 6.61 Å². The summed E-state index contributed by atoms with van der Waals surface area (Å²) in [7, 11) is 0. The number of nitrogens with one attached hydrogen (secondary N) is 3. The molecule has 6 nitrogen and oxygen atoms in total. The van der Waals surface area contributed by atoms with Crippen LogP contribution < -0.4 is 20.7 Å². The summed E-state index contributed by atoms with van der Waals surface area (Å²) in [5, 5.41) is 8.21. The van der Waals surface area contributed by atoms with E-state index in [1.807, 2.05) is 6.07 Å². The van der Waals surface area contributed by atoms with Crippen molar-refractivity contribution < 1.29 is 27.5 Å². The standard InChI is InChI=1S/C20H16F3N3O3S/c21-20(22,23)12-29-15-9-5-4-8-14(15)25-18(27)16-10-11-17(30-16)26-19(28)24-13-6-2-1-3-7-13/h1-11H,12H2,(H,25,27)(H2,24,26,28). The molecule has 3 amide bonds. The van der Waals surface area contributed by atoms with Crippen LogP contribution in [-0.4, -0.2) is 24.7 Å². The van der Waals surface area contributed by atoms with E-state index in [-0.39, 0.29) is 16.3 Å². The van der Waals surface area contributed by atoms with E-state index < -0.39 is 24.7 Å². The van der Waals surface area contributed by atoms with Crippen LogP contribution in [0.4, 0.5) is 34.3 Å². The van der Waals surface area contributed by atoms with Crippen molar-refractivity contribution in [1.29, 1.82) is 0 Å². The maximum atomic E-state index is 12.5. The van der Waals surface area contributed by atoms with Gasteiger partial charge in [0.05, 0.1) is 15.6 Å². The molecule has 0 atom stereocenters. The fraction of sp³-hybridized carbons (Fsp3) is 0.100. The smallest absolute Gasteiger partial charge is 0.422 e. The van der Waals surface area contributed by atoms with Crippen LogP contribution in [0.2, 0.25) is 0 Å². The van der Waals surface area contributed by atoms with Gasteiger partial charge in [-0.2, -0.15) is 13.2 Å². The van der Waals surface area contributed by atoms with Gasteiger partial charge >= 0.3 is 12.2 Å². The Kier molecular flexibility index (Phi) is 6.58. The van der Waals surface area contributed by atoms with Gasteiger partial charge in [-0.25, -0.2) is 4.79 Å². The van der Waals surface area contributed by atoms with E-state index in [2.05, 4.69) is 16.0 Å². The molecule has 0 saturated heterocycles. The Labute approximate surface area is 173 Å². The Morgan fingerprint density at radius 1 is 0.867 bits per heavy atom. The number of hydrogen-bond donors (Lipinski definition) is 3. The molecule has 10 heteroatoms. The number of carbonyl (C=O) groups is 2. The molecule has 156 valence electrons. The highest BCUT2D eigenvalue weighted by Gasteiger charge is 2.29. The van der Waals surface area contributed by atoms with Gasteiger partial charge in [0.1, 0.15) is 5.75 Å². The highest BCUT2D eigenvalue weighted by Crippen LogP contribution is 2.28. The van der Waals surface area contributed by atoms with Crippen molar-refractivity contribution in [3.63, 3.8) is 0 Å². The molecule has 0 spiro atoms. The molecule has 0 aliphatic heterocycles. The third-order valence-corrected chi connectivity index (χ3v) is 4.62. The molecule has 1 aromatic heterocycles. The SMILES string of the molecule is O=C(Nc1ccccc1)Nc1ccc(C(=O)Nc2ccccc2OCC(F)(F)F)s1. The zero-order valence-electron chi connectivity index (χ0n) is 15.3. The number of amides is 3. The Morgan fingerprint density at radius 3 is 2.30 bits per heavy atom. The summed E-state index contributed by atoms with van der Waals surface area (Å²) >= 11 is 1.02. The molecular weight excluding hydrogens is 419 g/mol. The second kappa shape index (κ2) is 9.31. The molecule has 2 aromatic carbocycles. The number of alkyl halides is 3. The Hall–Kier alpha value is -3.53. The van der Waals surface area contributed by atoms with E-state index in [1.165, 1.54) is 24.3 Å². The lowest BCUT2D eigenvalue weighted by Crippen LogP contribution is -2.20. The van der Waals surface area contributed by atoms with Gasteiger partial charge in [-0.05, 0) is 36.4 Å². The number of rotatable bonds is 6. The number of benzene rings is 2. The quantitative estimate of drug-likeness (QED) is 0.473. The third-order valence-electron chi connectivity index (χ3n) is 3.62. The van der Waals surface area contributed by atoms with Crippen molar-refractivity contribution in [1.82, 2.24) is 0 Å². The van der Waals surface area contributed by atoms with Crippen LogP contribution >= 0.6 is 11.3 Å². The van der Waals surface area contributed by atoms with Crippen molar-refractivity contribution in [2.45, 2.75) is 6.18 Å². The van der Waals surface area contributed by atoms with Gasteiger partial charge in [-0.1, -0.05) is 30.3 Å². The molecule has 3 N–H and O–H groups in total. The number of para-hydroxylation sites is 3. The summed E-state index contributed by atoms with van der Waals surface area (Å²) in [6.07, 6.45) is -4.49. The predicted octanol–water partition coefficient (Wildman–Crippen LogP) is 5.59. The van der Waals surface area contributed by atoms with E-state index in [0.717, 1.165) is 11.3 Å². The number of anilines is 3. The molecule has 0 aliphatic rings. The van der Waals surface area contributed by atoms with Crippen LogP contribution in [0.3, 0.4) is 0 Å². The maximum absolute atomic E-state index is 12.5. The third kappa shape index (κ3) is 6.24. The van der Waals surface area contributed by atoms with Crippen LogP contribution in [0.5, 0.6) is 5.75 Å². The first-order valence-corrected chi connectivity index (χ1v) is 9.45. The Bertz CT molecular complexity index is 1020. The van der Waals surface area contributed by atoms with Gasteiger partial charge in [0.25, 0.3) is 5.91 Å². The summed E-state index contributed by atoms with van der Waals surface area (Å²) in [5.41, 5.74) is 0.719. The number of carbonyl (C=O) groups excluding carboxylic acids is 2. The number of thiophene rings is 1. The molecule has 0 unspecified atom stereocenters. The Balaban J connectivity index is 1.61. The molecule has 30 heavy (non-hydrogen) atoms. The zero-order chi connectivity index (χ0) is 21.6. The molecule has 3 aromatic rings. The second-order valence-corrected chi connectivity index (χ2v) is 7.05. The summed E-state index contributed by atoms with van der Waals surface area (Å²) in [6.45, 7) is -1.47. The fourth-order valence-electron chi connectivity index (χ4n) is 2.36. The topological polar surface area (TPSA) is 79.5 Å². The van der Waals surface area contributed by atoms with Crippen LogP contribution in [0.25, 0.3) is 0 Å². The van der Waals surface area contributed by atoms with E-state index in [1.54, 1.807) is 36.4 Å². The molecule has 0 bridgehead atoms. The normalized spacial score (nSPS) is 10.9. The molecular formula is C20H16F3N3O3S. The van der Waals surface area contributed by atoms with E-state index in [9.17, 15) is 22.8 Å². The monoisotopic (exact) mass is 435 g/mol. The van der Waals surface area contributed by atoms with Crippen molar-refractivity contribution in [2.75, 3.05) is 22.6 Å². The average molecular weight is 435 g/mol. The van der Waals surface area contributed by atoms with Crippen molar-refractivity contribution >= 4 is 39.7 Å². The number of ether oxygens (including phenoxy) is 1. The Morgan fingerprint density at radius 2 is 1.57 bits per heavy atom. The number of hydrogen-bond acceptors (Lipinski definition) is 4. The summed E-state index contributed by atoms with van der Waals surface area (Å²) in [5.74, 6) is -0.639. The first-order valence-electron chi connectivity index (χ1n) is 8.63. The first-order chi connectivity index (χ1) is 14.3. The molecule has 1 heterocycles. The predicted molar refractivity (Wildman–Crippen MR) is 109 cm³/mol. The van der Waals surface area contributed by atoms with E-state index in [0.29, 0.717) is 10.7 Å². The second-order valence-electron chi connectivity index (χ2n) is 5.96. The van der Waals surface area contributed by atoms with Crippen molar-refractivity contribution in [3.05, 3.63) is 71.6 Å². The molecule has 0 aliphatic carbocycles. The van der Waals surface area contributed by atoms with Crippen LogP contribution in [0.1, 0.15) is 9.67 Å². The summed E-state index contributed by atoms with van der Waals surface area (Å²) < 4.78 is 41.9. The average Bonchev–Trinajstić information content (AvgIpc) is 3.16. The molecule has 3 rings (SSSR count). The van der Waals surface area contributed by atoms with Gasteiger partial charge < -0.3 is 15.4 Å². The summed E-state index contributed by atoms with van der Waals surface area (Å²) in [6, 6.07) is 17.2. The van der Waals surface area contributed by atoms with Gasteiger partial charge in [-0.15, -0.1) is 11.3 Å². The largest absolute Gasteiger partial charge is 0.482 e. The minimum Gasteiger partial charge on any atom is -0.482 e. The van der Waals surface area contributed by atoms with Crippen LogP contribution in [-0.2, 0) is 0 Å². The fourth-order valence-corrected chi connectivity index (χ4v) is 3.16. The lowest BCUT2D eigenvalue weighted by molar-refractivity contribution is -0.153. The highest BCUT2D eigenvalue weighted by molar-refractivity contribution is 7.18. The lowest BCUT2D eigenvalue weighted by Gasteiger charge is -2.13. The molecule has 0 saturated carbocycles. The molecule has 0 radical (unpaired) electrons. The van der Waals surface area contributed by atoms with Gasteiger partial charge in [-0.3, -0.25) is 10.1 Å². The van der Waals surface area contributed by atoms with Crippen LogP contribution in [0, 0.1) is 0 Å². The zero-order valence-corrected chi connectivity index (χ0v) is 16.1. The van der Waals surface area contributed by atoms with Crippen molar-refractivity contribution in [2.24, 2.45) is 0 Å². The number of halogens is 3.